The fourth-order valence-electron chi connectivity index (χ4n) is 2.63. The van der Waals surface area contributed by atoms with Gasteiger partial charge in [0.1, 0.15) is 0 Å². The molecule has 1 fully saturated rings. The Kier molecular flexibility index (Phi) is 4.61. The lowest BCUT2D eigenvalue weighted by Gasteiger charge is -2.34. The molecular formula is C15H23NO2. The Hall–Kier alpha value is -1.06. The number of aliphatic hydroxyl groups excluding tert-OH is 1. The molecular weight excluding hydrogens is 226 g/mol. The van der Waals surface area contributed by atoms with Crippen LogP contribution in [0.25, 0.3) is 0 Å². The molecule has 1 N–H and O–H groups in total. The summed E-state index contributed by atoms with van der Waals surface area (Å²) in [5, 5.41) is 9.51. The molecule has 0 aromatic heterocycles. The SMILES string of the molecule is COCC1CCCN(c2ccc([C@H](C)O)cc2)C1. The molecule has 1 aromatic carbocycles. The molecule has 1 aliphatic rings. The van der Waals surface area contributed by atoms with E-state index < -0.39 is 0 Å². The van der Waals surface area contributed by atoms with Gasteiger partial charge in [0, 0.05) is 25.9 Å². The van der Waals surface area contributed by atoms with Crippen LogP contribution in [-0.2, 0) is 4.74 Å². The summed E-state index contributed by atoms with van der Waals surface area (Å²) in [6, 6.07) is 8.24. The zero-order valence-corrected chi connectivity index (χ0v) is 11.3. The van der Waals surface area contributed by atoms with Gasteiger partial charge < -0.3 is 14.7 Å². The van der Waals surface area contributed by atoms with Crippen molar-refractivity contribution in [2.45, 2.75) is 25.9 Å². The second-order valence-corrected chi connectivity index (χ2v) is 5.18. The van der Waals surface area contributed by atoms with Gasteiger partial charge in [-0.25, -0.2) is 0 Å². The third kappa shape index (κ3) is 3.24. The summed E-state index contributed by atoms with van der Waals surface area (Å²) in [7, 11) is 1.77. The van der Waals surface area contributed by atoms with Gasteiger partial charge in [-0.1, -0.05) is 12.1 Å². The highest BCUT2D eigenvalue weighted by molar-refractivity contribution is 5.48. The summed E-state index contributed by atoms with van der Waals surface area (Å²) >= 11 is 0. The van der Waals surface area contributed by atoms with E-state index in [0.717, 1.165) is 25.3 Å². The second-order valence-electron chi connectivity index (χ2n) is 5.18. The van der Waals surface area contributed by atoms with Crippen LogP contribution in [0.4, 0.5) is 5.69 Å². The third-order valence-corrected chi connectivity index (χ3v) is 3.66. The van der Waals surface area contributed by atoms with Crippen molar-refractivity contribution in [1.29, 1.82) is 0 Å². The molecule has 1 aromatic rings. The van der Waals surface area contributed by atoms with Crippen LogP contribution in [0.2, 0.25) is 0 Å². The third-order valence-electron chi connectivity index (χ3n) is 3.66. The Labute approximate surface area is 109 Å². The molecule has 0 radical (unpaired) electrons. The van der Waals surface area contributed by atoms with E-state index in [1.165, 1.54) is 18.5 Å². The van der Waals surface area contributed by atoms with Crippen molar-refractivity contribution in [1.82, 2.24) is 0 Å². The van der Waals surface area contributed by atoms with Crippen molar-refractivity contribution >= 4 is 5.69 Å². The summed E-state index contributed by atoms with van der Waals surface area (Å²) in [6.07, 6.45) is 2.10. The summed E-state index contributed by atoms with van der Waals surface area (Å²) in [6.45, 7) is 4.84. The smallest absolute Gasteiger partial charge is 0.0761 e. The molecule has 0 bridgehead atoms. The van der Waals surface area contributed by atoms with Crippen molar-refractivity contribution < 1.29 is 9.84 Å². The molecule has 0 aliphatic carbocycles. The van der Waals surface area contributed by atoms with E-state index in [2.05, 4.69) is 17.0 Å². The number of ether oxygens (including phenoxy) is 1. The maximum absolute atomic E-state index is 9.51. The van der Waals surface area contributed by atoms with Crippen molar-refractivity contribution in [2.75, 3.05) is 31.7 Å². The lowest BCUT2D eigenvalue weighted by Crippen LogP contribution is -2.37. The minimum Gasteiger partial charge on any atom is -0.389 e. The first kappa shape index (κ1) is 13.4. The van der Waals surface area contributed by atoms with E-state index >= 15 is 0 Å². The van der Waals surface area contributed by atoms with Crippen LogP contribution in [0.15, 0.2) is 24.3 Å². The van der Waals surface area contributed by atoms with Gasteiger partial charge in [0.2, 0.25) is 0 Å². The average molecular weight is 249 g/mol. The van der Waals surface area contributed by atoms with Gasteiger partial charge in [0.15, 0.2) is 0 Å². The van der Waals surface area contributed by atoms with Gasteiger partial charge in [0.25, 0.3) is 0 Å². The van der Waals surface area contributed by atoms with Crippen LogP contribution < -0.4 is 4.90 Å². The van der Waals surface area contributed by atoms with E-state index in [4.69, 9.17) is 4.74 Å². The Bertz CT molecular complexity index is 359. The van der Waals surface area contributed by atoms with Crippen molar-refractivity contribution in [3.05, 3.63) is 29.8 Å². The molecule has 1 heterocycles. The predicted octanol–water partition coefficient (Wildman–Crippen LogP) is 2.60. The molecule has 1 saturated heterocycles. The number of nitrogens with zero attached hydrogens (tertiary/aromatic N) is 1. The number of aliphatic hydroxyl groups is 1. The first-order chi connectivity index (χ1) is 8.70. The van der Waals surface area contributed by atoms with Crippen LogP contribution in [-0.4, -0.2) is 31.9 Å². The zero-order valence-electron chi connectivity index (χ0n) is 11.3. The van der Waals surface area contributed by atoms with E-state index in [1.807, 2.05) is 12.1 Å². The first-order valence-electron chi connectivity index (χ1n) is 6.72. The highest BCUT2D eigenvalue weighted by Crippen LogP contribution is 2.24. The summed E-state index contributed by atoms with van der Waals surface area (Å²) in [5.41, 5.74) is 2.23. The maximum Gasteiger partial charge on any atom is 0.0761 e. The van der Waals surface area contributed by atoms with E-state index in [0.29, 0.717) is 5.92 Å². The van der Waals surface area contributed by atoms with Crippen LogP contribution in [0.3, 0.4) is 0 Å². The number of benzene rings is 1. The van der Waals surface area contributed by atoms with Crippen LogP contribution in [0.5, 0.6) is 0 Å². The first-order valence-corrected chi connectivity index (χ1v) is 6.72. The Morgan fingerprint density at radius 2 is 2.11 bits per heavy atom. The Morgan fingerprint density at radius 3 is 2.72 bits per heavy atom. The molecule has 0 saturated carbocycles. The lowest BCUT2D eigenvalue weighted by molar-refractivity contribution is 0.143. The monoisotopic (exact) mass is 249 g/mol. The number of methoxy groups -OCH3 is 1. The van der Waals surface area contributed by atoms with Crippen molar-refractivity contribution in [2.24, 2.45) is 5.92 Å². The predicted molar refractivity (Wildman–Crippen MR) is 73.9 cm³/mol. The molecule has 0 spiro atoms. The van der Waals surface area contributed by atoms with Crippen LogP contribution >= 0.6 is 0 Å². The highest BCUT2D eigenvalue weighted by atomic mass is 16.5. The van der Waals surface area contributed by atoms with Crippen molar-refractivity contribution in [3.63, 3.8) is 0 Å². The molecule has 3 heteroatoms. The van der Waals surface area contributed by atoms with Gasteiger partial charge in [-0.15, -0.1) is 0 Å². The molecule has 0 amide bonds. The number of hydrogen-bond acceptors (Lipinski definition) is 3. The molecule has 18 heavy (non-hydrogen) atoms. The minimum absolute atomic E-state index is 0.387. The maximum atomic E-state index is 9.51. The largest absolute Gasteiger partial charge is 0.389 e. The molecule has 2 atom stereocenters. The quantitative estimate of drug-likeness (QED) is 0.890. The van der Waals surface area contributed by atoms with Crippen LogP contribution in [0.1, 0.15) is 31.4 Å². The summed E-state index contributed by atoms with van der Waals surface area (Å²) < 4.78 is 5.26. The number of anilines is 1. The van der Waals surface area contributed by atoms with Gasteiger partial charge in [-0.3, -0.25) is 0 Å². The topological polar surface area (TPSA) is 32.7 Å². The number of piperidine rings is 1. The summed E-state index contributed by atoms with van der Waals surface area (Å²) in [5.74, 6) is 0.639. The van der Waals surface area contributed by atoms with Gasteiger partial charge in [-0.2, -0.15) is 0 Å². The average Bonchev–Trinajstić information content (AvgIpc) is 2.39. The molecule has 3 nitrogen and oxygen atoms in total. The fraction of sp³-hybridized carbons (Fsp3) is 0.600. The molecule has 1 aliphatic heterocycles. The second kappa shape index (κ2) is 6.21. The van der Waals surface area contributed by atoms with Gasteiger partial charge >= 0.3 is 0 Å². The molecule has 1 unspecified atom stereocenters. The fourth-order valence-corrected chi connectivity index (χ4v) is 2.63. The normalized spacial score (nSPS) is 21.9. The molecule has 2 rings (SSSR count). The Balaban J connectivity index is 2.02. The minimum atomic E-state index is -0.387. The van der Waals surface area contributed by atoms with E-state index in [1.54, 1.807) is 14.0 Å². The zero-order chi connectivity index (χ0) is 13.0. The van der Waals surface area contributed by atoms with Gasteiger partial charge in [-0.05, 0) is 43.4 Å². The molecule has 100 valence electrons. The highest BCUT2D eigenvalue weighted by Gasteiger charge is 2.19. The lowest BCUT2D eigenvalue weighted by atomic mass is 9.98. The Morgan fingerprint density at radius 1 is 1.39 bits per heavy atom. The van der Waals surface area contributed by atoms with E-state index in [9.17, 15) is 5.11 Å². The van der Waals surface area contributed by atoms with E-state index in [-0.39, 0.29) is 6.10 Å². The van der Waals surface area contributed by atoms with Gasteiger partial charge in [0.05, 0.1) is 12.7 Å². The standard InChI is InChI=1S/C15H23NO2/c1-12(17)14-5-7-15(8-6-14)16-9-3-4-13(10-16)11-18-2/h5-8,12-13,17H,3-4,9-11H2,1-2H3/t12-,13?/m0/s1. The number of rotatable bonds is 4. The number of hydrogen-bond donors (Lipinski definition) is 1. The van der Waals surface area contributed by atoms with Crippen LogP contribution in [0, 0.1) is 5.92 Å². The summed E-state index contributed by atoms with van der Waals surface area (Å²) in [4.78, 5) is 2.42. The van der Waals surface area contributed by atoms with Crippen molar-refractivity contribution in [3.8, 4) is 0 Å².